The van der Waals surface area contributed by atoms with Crippen LogP contribution in [0.15, 0.2) is 21.2 Å². The van der Waals surface area contributed by atoms with Crippen LogP contribution in [0.2, 0.25) is 0 Å². The summed E-state index contributed by atoms with van der Waals surface area (Å²) in [4.78, 5) is 12.2. The van der Waals surface area contributed by atoms with Crippen LogP contribution >= 0.6 is 28.1 Å². The number of furan rings is 1. The fraction of sp³-hybridized carbons (Fsp3) is 0.455. The molecule has 0 fully saturated rings. The van der Waals surface area contributed by atoms with Crippen LogP contribution in [-0.4, -0.2) is 16.4 Å². The number of hydrogen-bond acceptors (Lipinski definition) is 3. The summed E-state index contributed by atoms with van der Waals surface area (Å²) >= 11 is 8.17. The van der Waals surface area contributed by atoms with E-state index in [4.69, 9.17) is 22.4 Å². The Hall–Kier alpha value is -0.880. The molecule has 4 nitrogen and oxygen atoms in total. The first-order valence-electron chi connectivity index (χ1n) is 5.33. The minimum absolute atomic E-state index is 0.236. The first-order chi connectivity index (χ1) is 7.95. The third-order valence-electron chi connectivity index (χ3n) is 2.83. The minimum Gasteiger partial charge on any atom is -0.444 e. The highest BCUT2D eigenvalue weighted by molar-refractivity contribution is 9.10. The number of amides is 1. The third kappa shape index (κ3) is 3.07. The minimum atomic E-state index is -0.647. The Labute approximate surface area is 114 Å². The van der Waals surface area contributed by atoms with Crippen molar-refractivity contribution < 1.29 is 9.21 Å². The standard InChI is InChI=1S/C11H15BrN2O2S/c1-3-11(4-2,10(13)17)14-9(15)7-5-6-8(12)16-7/h5-6H,3-4H2,1-2H3,(H2,13,17)(H,14,15). The molecule has 6 heteroatoms. The summed E-state index contributed by atoms with van der Waals surface area (Å²) in [5.74, 6) is -0.0772. The zero-order valence-electron chi connectivity index (χ0n) is 9.75. The lowest BCUT2D eigenvalue weighted by Gasteiger charge is -2.31. The molecule has 0 atom stereocenters. The molecule has 0 bridgehead atoms. The average molecular weight is 319 g/mol. The van der Waals surface area contributed by atoms with E-state index in [1.54, 1.807) is 12.1 Å². The van der Waals surface area contributed by atoms with Crippen molar-refractivity contribution in [3.05, 3.63) is 22.6 Å². The Bertz CT molecular complexity index is 427. The smallest absolute Gasteiger partial charge is 0.287 e. The number of rotatable bonds is 5. The first-order valence-corrected chi connectivity index (χ1v) is 6.53. The molecular weight excluding hydrogens is 304 g/mol. The molecule has 1 amide bonds. The molecule has 17 heavy (non-hydrogen) atoms. The van der Waals surface area contributed by atoms with Gasteiger partial charge in [0, 0.05) is 0 Å². The Kier molecular flexibility index (Phi) is 4.70. The summed E-state index contributed by atoms with van der Waals surface area (Å²) in [6.07, 6.45) is 1.29. The maximum atomic E-state index is 12.0. The highest BCUT2D eigenvalue weighted by Crippen LogP contribution is 2.19. The number of carbonyl (C=O) groups is 1. The van der Waals surface area contributed by atoms with Crippen LogP contribution in [0.1, 0.15) is 37.2 Å². The molecule has 94 valence electrons. The van der Waals surface area contributed by atoms with E-state index in [1.807, 2.05) is 13.8 Å². The van der Waals surface area contributed by atoms with Crippen LogP contribution < -0.4 is 11.1 Å². The van der Waals surface area contributed by atoms with Gasteiger partial charge in [-0.1, -0.05) is 26.1 Å². The topological polar surface area (TPSA) is 68.3 Å². The largest absolute Gasteiger partial charge is 0.444 e. The second-order valence-corrected chi connectivity index (χ2v) is 4.93. The van der Waals surface area contributed by atoms with E-state index in [0.29, 0.717) is 22.5 Å². The monoisotopic (exact) mass is 318 g/mol. The fourth-order valence-corrected chi connectivity index (χ4v) is 2.20. The van der Waals surface area contributed by atoms with Crippen molar-refractivity contribution >= 4 is 39.0 Å². The van der Waals surface area contributed by atoms with Crippen LogP contribution in [0.25, 0.3) is 0 Å². The molecule has 0 saturated carbocycles. The highest BCUT2D eigenvalue weighted by Gasteiger charge is 2.32. The van der Waals surface area contributed by atoms with Crippen molar-refractivity contribution in [2.24, 2.45) is 5.73 Å². The first kappa shape index (κ1) is 14.2. The Morgan fingerprint density at radius 2 is 2.12 bits per heavy atom. The number of thiocarbonyl (C=S) groups is 1. The van der Waals surface area contributed by atoms with Crippen LogP contribution in [-0.2, 0) is 0 Å². The van der Waals surface area contributed by atoms with Crippen molar-refractivity contribution in [1.29, 1.82) is 0 Å². The van der Waals surface area contributed by atoms with Crippen LogP contribution in [0, 0.1) is 0 Å². The van der Waals surface area contributed by atoms with Crippen LogP contribution in [0.5, 0.6) is 0 Å². The van der Waals surface area contributed by atoms with Crippen molar-refractivity contribution in [1.82, 2.24) is 5.32 Å². The van der Waals surface area contributed by atoms with E-state index in [-0.39, 0.29) is 11.7 Å². The quantitative estimate of drug-likeness (QED) is 0.819. The van der Waals surface area contributed by atoms with Gasteiger partial charge >= 0.3 is 0 Å². The normalized spacial score (nSPS) is 11.2. The van der Waals surface area contributed by atoms with Crippen molar-refractivity contribution in [2.75, 3.05) is 0 Å². The second kappa shape index (κ2) is 5.64. The summed E-state index contributed by atoms with van der Waals surface area (Å²) in [7, 11) is 0. The van der Waals surface area contributed by atoms with Gasteiger partial charge < -0.3 is 15.5 Å². The lowest BCUT2D eigenvalue weighted by molar-refractivity contribution is 0.0890. The molecule has 0 aliphatic rings. The summed E-state index contributed by atoms with van der Waals surface area (Å²) in [6, 6.07) is 3.25. The predicted molar refractivity (Wildman–Crippen MR) is 74.0 cm³/mol. The summed E-state index contributed by atoms with van der Waals surface area (Å²) in [5, 5.41) is 2.84. The third-order valence-corrected chi connectivity index (χ3v) is 3.65. The molecular formula is C11H15BrN2O2S. The lowest BCUT2D eigenvalue weighted by atomic mass is 9.92. The molecule has 1 rings (SSSR count). The number of nitrogens with one attached hydrogen (secondary N) is 1. The van der Waals surface area contributed by atoms with Gasteiger partial charge in [-0.25, -0.2) is 0 Å². The second-order valence-electron chi connectivity index (χ2n) is 3.71. The fourth-order valence-electron chi connectivity index (χ4n) is 1.55. The molecule has 0 aliphatic carbocycles. The van der Waals surface area contributed by atoms with Gasteiger partial charge in [0.1, 0.15) is 0 Å². The average Bonchev–Trinajstić information content (AvgIpc) is 2.72. The van der Waals surface area contributed by atoms with E-state index < -0.39 is 5.54 Å². The van der Waals surface area contributed by atoms with E-state index in [9.17, 15) is 4.79 Å². The molecule has 0 aliphatic heterocycles. The van der Waals surface area contributed by atoms with Crippen LogP contribution in [0.3, 0.4) is 0 Å². The van der Waals surface area contributed by atoms with E-state index in [2.05, 4.69) is 21.2 Å². The lowest BCUT2D eigenvalue weighted by Crippen LogP contribution is -2.55. The van der Waals surface area contributed by atoms with E-state index >= 15 is 0 Å². The zero-order chi connectivity index (χ0) is 13.1. The van der Waals surface area contributed by atoms with Gasteiger partial charge in [-0.3, -0.25) is 4.79 Å². The van der Waals surface area contributed by atoms with Gasteiger partial charge in [0.25, 0.3) is 5.91 Å². The van der Waals surface area contributed by atoms with Crippen molar-refractivity contribution in [2.45, 2.75) is 32.2 Å². The summed E-state index contributed by atoms with van der Waals surface area (Å²) in [5.41, 5.74) is 5.05. The molecule has 1 aromatic rings. The molecule has 1 heterocycles. The summed E-state index contributed by atoms with van der Waals surface area (Å²) in [6.45, 7) is 3.86. The number of halogens is 1. The highest BCUT2D eigenvalue weighted by atomic mass is 79.9. The van der Waals surface area contributed by atoms with Gasteiger partial charge in [-0.15, -0.1) is 0 Å². The molecule has 0 unspecified atom stereocenters. The SMILES string of the molecule is CCC(CC)(NC(=O)c1ccc(Br)o1)C(N)=S. The van der Waals surface area contributed by atoms with Crippen molar-refractivity contribution in [3.63, 3.8) is 0 Å². The van der Waals surface area contributed by atoms with Crippen molar-refractivity contribution in [3.8, 4) is 0 Å². The molecule has 0 radical (unpaired) electrons. The van der Waals surface area contributed by atoms with E-state index in [1.165, 1.54) is 0 Å². The number of hydrogen-bond donors (Lipinski definition) is 2. The van der Waals surface area contributed by atoms with Gasteiger partial charge in [-0.05, 0) is 40.9 Å². The summed E-state index contributed by atoms with van der Waals surface area (Å²) < 4.78 is 5.69. The van der Waals surface area contributed by atoms with Gasteiger partial charge in [-0.2, -0.15) is 0 Å². The van der Waals surface area contributed by atoms with Gasteiger partial charge in [0.2, 0.25) is 0 Å². The Morgan fingerprint density at radius 3 is 2.47 bits per heavy atom. The van der Waals surface area contributed by atoms with Gasteiger partial charge in [0.05, 0.1) is 10.5 Å². The maximum Gasteiger partial charge on any atom is 0.287 e. The zero-order valence-corrected chi connectivity index (χ0v) is 12.2. The van der Waals surface area contributed by atoms with E-state index in [0.717, 1.165) is 0 Å². The molecule has 0 saturated heterocycles. The van der Waals surface area contributed by atoms with Crippen LogP contribution in [0.4, 0.5) is 0 Å². The maximum absolute atomic E-state index is 12.0. The predicted octanol–water partition coefficient (Wildman–Crippen LogP) is 2.62. The number of carbonyl (C=O) groups excluding carboxylic acids is 1. The molecule has 3 N–H and O–H groups in total. The molecule has 1 aromatic heterocycles. The Balaban J connectivity index is 2.88. The number of nitrogens with two attached hydrogens (primary N) is 1. The molecule has 0 spiro atoms. The Morgan fingerprint density at radius 1 is 1.53 bits per heavy atom. The van der Waals surface area contributed by atoms with Gasteiger partial charge in [0.15, 0.2) is 10.4 Å². The molecule has 0 aromatic carbocycles.